The zero-order valence-corrected chi connectivity index (χ0v) is 18.9. The largest absolute Gasteiger partial charge is 0.495 e. The predicted octanol–water partition coefficient (Wildman–Crippen LogP) is 5.65. The number of carbonyl (C=O) groups is 1. The Morgan fingerprint density at radius 2 is 2.06 bits per heavy atom. The van der Waals surface area contributed by atoms with Gasteiger partial charge in [0.15, 0.2) is 5.76 Å². The number of rotatable bonds is 5. The minimum atomic E-state index is -0.369. The number of benzene rings is 2. The number of halogens is 2. The zero-order chi connectivity index (χ0) is 23.1. The van der Waals surface area contributed by atoms with Crippen LogP contribution in [-0.2, 0) is 19.4 Å². The van der Waals surface area contributed by atoms with Crippen molar-refractivity contribution >= 4 is 23.2 Å². The Morgan fingerprint density at radius 1 is 1.24 bits per heavy atom. The van der Waals surface area contributed by atoms with Crippen molar-refractivity contribution in [3.63, 3.8) is 0 Å². The molecule has 168 valence electrons. The Labute approximate surface area is 194 Å². The Balaban J connectivity index is 1.47. The van der Waals surface area contributed by atoms with Crippen molar-refractivity contribution in [1.82, 2.24) is 9.78 Å². The SMILES string of the molecule is COc1ccccc1NC(=O)c1oc2c(c1C)-c1nn(Cc3c(F)cccc3Cl)cc1CC2. The van der Waals surface area contributed by atoms with Gasteiger partial charge in [-0.3, -0.25) is 9.48 Å². The molecule has 0 bridgehead atoms. The molecule has 0 fully saturated rings. The molecule has 4 aromatic rings. The number of carbonyl (C=O) groups excluding carboxylic acids is 1. The zero-order valence-electron chi connectivity index (χ0n) is 18.1. The van der Waals surface area contributed by atoms with E-state index in [0.29, 0.717) is 40.4 Å². The minimum absolute atomic E-state index is 0.214. The lowest BCUT2D eigenvalue weighted by Crippen LogP contribution is -2.13. The topological polar surface area (TPSA) is 69.3 Å². The molecule has 0 saturated heterocycles. The summed E-state index contributed by atoms with van der Waals surface area (Å²) in [4.78, 5) is 13.0. The average molecular weight is 466 g/mol. The van der Waals surface area contributed by atoms with Gasteiger partial charge in [0.05, 0.1) is 25.0 Å². The van der Waals surface area contributed by atoms with Crippen LogP contribution in [0.25, 0.3) is 11.3 Å². The van der Waals surface area contributed by atoms with Gasteiger partial charge in [-0.2, -0.15) is 5.10 Å². The first-order valence-corrected chi connectivity index (χ1v) is 10.9. The Hall–Kier alpha value is -3.58. The molecule has 2 heterocycles. The van der Waals surface area contributed by atoms with E-state index in [1.807, 2.05) is 25.3 Å². The smallest absolute Gasteiger partial charge is 0.291 e. The molecular weight excluding hydrogens is 445 g/mol. The van der Waals surface area contributed by atoms with Crippen molar-refractivity contribution in [3.05, 3.63) is 87.7 Å². The molecule has 5 rings (SSSR count). The summed E-state index contributed by atoms with van der Waals surface area (Å²) in [5.41, 5.74) is 4.26. The van der Waals surface area contributed by atoms with Crippen molar-refractivity contribution < 1.29 is 18.3 Å². The van der Waals surface area contributed by atoms with Crippen LogP contribution in [0.15, 0.2) is 53.1 Å². The van der Waals surface area contributed by atoms with Crippen LogP contribution in [0.4, 0.5) is 10.1 Å². The number of fused-ring (bicyclic) bond motifs is 3. The van der Waals surface area contributed by atoms with Crippen molar-refractivity contribution in [2.24, 2.45) is 0 Å². The summed E-state index contributed by atoms with van der Waals surface area (Å²) in [5.74, 6) is 0.800. The molecule has 0 saturated carbocycles. The fourth-order valence-corrected chi connectivity index (χ4v) is 4.46. The molecule has 0 spiro atoms. The van der Waals surface area contributed by atoms with Crippen LogP contribution in [0, 0.1) is 12.7 Å². The number of nitrogens with one attached hydrogen (secondary N) is 1. The third-order valence-corrected chi connectivity index (χ3v) is 6.21. The number of ether oxygens (including phenoxy) is 1. The lowest BCUT2D eigenvalue weighted by Gasteiger charge is -2.09. The molecule has 6 nitrogen and oxygen atoms in total. The number of nitrogens with zero attached hydrogens (tertiary/aromatic N) is 2. The quantitative estimate of drug-likeness (QED) is 0.413. The summed E-state index contributed by atoms with van der Waals surface area (Å²) in [6.45, 7) is 2.06. The molecule has 0 atom stereocenters. The van der Waals surface area contributed by atoms with Gasteiger partial charge in [-0.25, -0.2) is 4.39 Å². The highest BCUT2D eigenvalue weighted by Crippen LogP contribution is 2.39. The number of para-hydroxylation sites is 2. The van der Waals surface area contributed by atoms with Gasteiger partial charge < -0.3 is 14.5 Å². The van der Waals surface area contributed by atoms with E-state index >= 15 is 0 Å². The Kier molecular flexibility index (Phi) is 5.42. The van der Waals surface area contributed by atoms with E-state index in [4.69, 9.17) is 25.9 Å². The third kappa shape index (κ3) is 3.78. The molecule has 1 amide bonds. The summed E-state index contributed by atoms with van der Waals surface area (Å²) >= 11 is 6.19. The van der Waals surface area contributed by atoms with Crippen molar-refractivity contribution in [1.29, 1.82) is 0 Å². The van der Waals surface area contributed by atoms with Gasteiger partial charge in [-0.05, 0) is 43.2 Å². The van der Waals surface area contributed by atoms with Crippen molar-refractivity contribution in [2.75, 3.05) is 12.4 Å². The number of aryl methyl sites for hydroxylation is 2. The molecule has 2 aromatic carbocycles. The maximum atomic E-state index is 14.3. The summed E-state index contributed by atoms with van der Waals surface area (Å²) in [6, 6.07) is 11.8. The summed E-state index contributed by atoms with van der Waals surface area (Å²) in [6.07, 6.45) is 3.27. The first-order chi connectivity index (χ1) is 16.0. The van der Waals surface area contributed by atoms with E-state index < -0.39 is 0 Å². The molecule has 0 radical (unpaired) electrons. The maximum Gasteiger partial charge on any atom is 0.291 e. The first kappa shape index (κ1) is 21.3. The van der Waals surface area contributed by atoms with Crippen molar-refractivity contribution in [2.45, 2.75) is 26.3 Å². The normalized spacial score (nSPS) is 12.2. The van der Waals surface area contributed by atoms with E-state index in [9.17, 15) is 9.18 Å². The molecule has 1 aliphatic carbocycles. The van der Waals surface area contributed by atoms with Gasteiger partial charge in [-0.1, -0.05) is 29.8 Å². The maximum absolute atomic E-state index is 14.3. The van der Waals surface area contributed by atoms with Crippen LogP contribution in [0.5, 0.6) is 5.75 Å². The van der Waals surface area contributed by atoms with E-state index in [0.717, 1.165) is 22.6 Å². The average Bonchev–Trinajstić information content (AvgIpc) is 3.37. The summed E-state index contributed by atoms with van der Waals surface area (Å²) in [5, 5.41) is 7.92. The summed E-state index contributed by atoms with van der Waals surface area (Å²) < 4.78 is 27.2. The first-order valence-electron chi connectivity index (χ1n) is 10.5. The summed E-state index contributed by atoms with van der Waals surface area (Å²) in [7, 11) is 1.55. The predicted molar refractivity (Wildman–Crippen MR) is 124 cm³/mol. The number of aromatic nitrogens is 2. The van der Waals surface area contributed by atoms with E-state index in [1.165, 1.54) is 6.07 Å². The second kappa shape index (κ2) is 8.41. The van der Waals surface area contributed by atoms with Gasteiger partial charge in [-0.15, -0.1) is 0 Å². The van der Waals surface area contributed by atoms with E-state index in [1.54, 1.807) is 36.1 Å². The van der Waals surface area contributed by atoms with Crippen LogP contribution < -0.4 is 10.1 Å². The van der Waals surface area contributed by atoms with Crippen molar-refractivity contribution in [3.8, 4) is 17.0 Å². The fourth-order valence-electron chi connectivity index (χ4n) is 4.23. The molecule has 8 heteroatoms. The van der Waals surface area contributed by atoms with Gasteiger partial charge in [0.2, 0.25) is 0 Å². The molecule has 0 aliphatic heterocycles. The van der Waals surface area contributed by atoms with Crippen LogP contribution in [-0.4, -0.2) is 22.8 Å². The second-order valence-corrected chi connectivity index (χ2v) is 8.32. The van der Waals surface area contributed by atoms with Crippen LogP contribution >= 0.6 is 11.6 Å². The molecule has 1 aliphatic rings. The Bertz CT molecular complexity index is 1360. The van der Waals surface area contributed by atoms with Gasteiger partial charge in [0.1, 0.15) is 17.3 Å². The lowest BCUT2D eigenvalue weighted by molar-refractivity contribution is 0.0993. The van der Waals surface area contributed by atoms with E-state index in [2.05, 4.69) is 5.32 Å². The number of anilines is 1. The van der Waals surface area contributed by atoms with Gasteiger partial charge >= 0.3 is 0 Å². The van der Waals surface area contributed by atoms with Gasteiger partial charge in [0, 0.05) is 34.3 Å². The third-order valence-electron chi connectivity index (χ3n) is 5.86. The lowest BCUT2D eigenvalue weighted by atomic mass is 9.93. The number of amides is 1. The molecule has 2 aromatic heterocycles. The fraction of sp³-hybridized carbons (Fsp3) is 0.200. The number of hydrogen-bond acceptors (Lipinski definition) is 4. The highest BCUT2D eigenvalue weighted by atomic mass is 35.5. The molecule has 1 N–H and O–H groups in total. The number of hydrogen-bond donors (Lipinski definition) is 1. The molecule has 33 heavy (non-hydrogen) atoms. The number of furan rings is 1. The van der Waals surface area contributed by atoms with Crippen LogP contribution in [0.1, 0.15) is 33.0 Å². The Morgan fingerprint density at radius 3 is 2.85 bits per heavy atom. The standard InChI is InChI=1S/C25H21ClFN3O3/c1-14-22-21(33-24(14)25(31)28-19-8-3-4-9-20(19)32-2)11-10-15-12-30(29-23(15)22)13-16-17(26)6-5-7-18(16)27/h3-9,12H,10-11,13H2,1-2H3,(H,28,31). The molecule has 0 unspecified atom stereocenters. The monoisotopic (exact) mass is 465 g/mol. The highest BCUT2D eigenvalue weighted by Gasteiger charge is 2.30. The van der Waals surface area contributed by atoms with Crippen LogP contribution in [0.3, 0.4) is 0 Å². The number of methoxy groups -OCH3 is 1. The minimum Gasteiger partial charge on any atom is -0.495 e. The van der Waals surface area contributed by atoms with E-state index in [-0.39, 0.29) is 24.0 Å². The molecular formula is C25H21ClFN3O3. The van der Waals surface area contributed by atoms with Crippen LogP contribution in [0.2, 0.25) is 5.02 Å². The highest BCUT2D eigenvalue weighted by molar-refractivity contribution is 6.31. The van der Waals surface area contributed by atoms with Gasteiger partial charge in [0.25, 0.3) is 5.91 Å². The second-order valence-electron chi connectivity index (χ2n) is 7.91.